The van der Waals surface area contributed by atoms with Crippen molar-refractivity contribution < 1.29 is 19.2 Å². The molecule has 1 atom stereocenters. The first kappa shape index (κ1) is 23.9. The highest BCUT2D eigenvalue weighted by atomic mass is 16.6. The lowest BCUT2D eigenvalue weighted by Crippen LogP contribution is -2.42. The van der Waals surface area contributed by atoms with E-state index in [0.717, 1.165) is 22.4 Å². The SMILES string of the molecule is COc1ccc([C@H]2Nc3ccccc3C(=O)N2Cc2ccccc2)cc1COc1ccc([N+](=O)[O-])cc1. The Bertz CT molecular complexity index is 1420. The molecule has 0 spiro atoms. The van der Waals surface area contributed by atoms with Gasteiger partial charge in [0, 0.05) is 29.9 Å². The lowest BCUT2D eigenvalue weighted by atomic mass is 10.0. The fourth-order valence-corrected chi connectivity index (χ4v) is 4.41. The largest absolute Gasteiger partial charge is 0.496 e. The average molecular weight is 496 g/mol. The Kier molecular flexibility index (Phi) is 6.72. The summed E-state index contributed by atoms with van der Waals surface area (Å²) in [5.41, 5.74) is 4.09. The third kappa shape index (κ3) is 5.08. The lowest BCUT2D eigenvalue weighted by Gasteiger charge is -2.38. The summed E-state index contributed by atoms with van der Waals surface area (Å²) in [6.45, 7) is 0.622. The van der Waals surface area contributed by atoms with Gasteiger partial charge in [-0.15, -0.1) is 0 Å². The van der Waals surface area contributed by atoms with Gasteiger partial charge >= 0.3 is 0 Å². The Balaban J connectivity index is 1.45. The van der Waals surface area contributed by atoms with E-state index in [1.807, 2.05) is 77.7 Å². The van der Waals surface area contributed by atoms with E-state index in [0.29, 0.717) is 23.6 Å². The van der Waals surface area contributed by atoms with Crippen molar-refractivity contribution >= 4 is 17.3 Å². The predicted octanol–water partition coefficient (Wildman–Crippen LogP) is 5.95. The van der Waals surface area contributed by atoms with E-state index in [2.05, 4.69) is 5.32 Å². The van der Waals surface area contributed by atoms with Crippen LogP contribution in [0.4, 0.5) is 11.4 Å². The molecule has 5 rings (SSSR count). The maximum Gasteiger partial charge on any atom is 0.269 e. The van der Waals surface area contributed by atoms with Gasteiger partial charge in [-0.05, 0) is 47.5 Å². The molecule has 1 aliphatic heterocycles. The third-order valence-corrected chi connectivity index (χ3v) is 6.28. The number of fused-ring (bicyclic) bond motifs is 1. The first-order chi connectivity index (χ1) is 18.0. The number of methoxy groups -OCH3 is 1. The molecular weight excluding hydrogens is 470 g/mol. The molecule has 8 nitrogen and oxygen atoms in total. The van der Waals surface area contributed by atoms with Crippen LogP contribution in [0.25, 0.3) is 0 Å². The van der Waals surface area contributed by atoms with Crippen LogP contribution in [0.5, 0.6) is 11.5 Å². The van der Waals surface area contributed by atoms with Crippen LogP contribution in [0.1, 0.15) is 33.2 Å². The Hall–Kier alpha value is -4.85. The third-order valence-electron chi connectivity index (χ3n) is 6.28. The van der Waals surface area contributed by atoms with Gasteiger partial charge in [0.25, 0.3) is 11.6 Å². The molecule has 0 saturated carbocycles. The summed E-state index contributed by atoms with van der Waals surface area (Å²) in [6, 6.07) is 29.1. The van der Waals surface area contributed by atoms with Gasteiger partial charge in [-0.2, -0.15) is 0 Å². The van der Waals surface area contributed by atoms with Crippen molar-refractivity contribution in [3.05, 3.63) is 129 Å². The molecule has 1 N–H and O–H groups in total. The molecule has 0 unspecified atom stereocenters. The van der Waals surface area contributed by atoms with Gasteiger partial charge in [0.1, 0.15) is 24.3 Å². The molecule has 186 valence electrons. The van der Waals surface area contributed by atoms with Crippen LogP contribution in [0.3, 0.4) is 0 Å². The van der Waals surface area contributed by atoms with Crippen molar-refractivity contribution in [3.63, 3.8) is 0 Å². The van der Waals surface area contributed by atoms with E-state index >= 15 is 0 Å². The van der Waals surface area contributed by atoms with Gasteiger partial charge in [0.05, 0.1) is 17.6 Å². The summed E-state index contributed by atoms with van der Waals surface area (Å²) in [5, 5.41) is 14.4. The van der Waals surface area contributed by atoms with E-state index in [4.69, 9.17) is 9.47 Å². The smallest absolute Gasteiger partial charge is 0.269 e. The summed E-state index contributed by atoms with van der Waals surface area (Å²) >= 11 is 0. The highest BCUT2D eigenvalue weighted by Crippen LogP contribution is 2.36. The molecule has 0 saturated heterocycles. The quantitative estimate of drug-likeness (QED) is 0.240. The number of carbonyl (C=O) groups is 1. The Morgan fingerprint density at radius 1 is 0.946 bits per heavy atom. The molecule has 0 bridgehead atoms. The van der Waals surface area contributed by atoms with Crippen molar-refractivity contribution in [2.24, 2.45) is 0 Å². The number of nitrogens with one attached hydrogen (secondary N) is 1. The minimum Gasteiger partial charge on any atom is -0.496 e. The molecule has 0 aromatic heterocycles. The predicted molar refractivity (Wildman–Crippen MR) is 140 cm³/mol. The highest BCUT2D eigenvalue weighted by Gasteiger charge is 2.33. The topological polar surface area (TPSA) is 93.9 Å². The van der Waals surface area contributed by atoms with Crippen LogP contribution in [0, 0.1) is 10.1 Å². The maximum absolute atomic E-state index is 13.6. The van der Waals surface area contributed by atoms with Crippen molar-refractivity contribution in [1.29, 1.82) is 0 Å². The molecule has 1 heterocycles. The summed E-state index contributed by atoms with van der Waals surface area (Å²) in [7, 11) is 1.59. The van der Waals surface area contributed by atoms with Crippen LogP contribution < -0.4 is 14.8 Å². The molecule has 4 aromatic carbocycles. The van der Waals surface area contributed by atoms with Crippen molar-refractivity contribution in [2.45, 2.75) is 19.3 Å². The van der Waals surface area contributed by atoms with Crippen molar-refractivity contribution in [3.8, 4) is 11.5 Å². The minimum atomic E-state index is -0.450. The van der Waals surface area contributed by atoms with Gasteiger partial charge in [0.2, 0.25) is 0 Å². The van der Waals surface area contributed by atoms with Crippen LogP contribution in [-0.2, 0) is 13.2 Å². The van der Waals surface area contributed by atoms with E-state index in [1.54, 1.807) is 19.2 Å². The van der Waals surface area contributed by atoms with E-state index in [1.165, 1.54) is 12.1 Å². The Labute approximate surface area is 214 Å². The number of carbonyl (C=O) groups excluding carboxylic acids is 1. The zero-order valence-corrected chi connectivity index (χ0v) is 20.2. The standard InChI is InChI=1S/C29H25N3O5/c1-36-27-16-11-21(17-22(27)19-37-24-14-12-23(13-15-24)32(34)35)28-30-26-10-6-5-9-25(26)29(33)31(28)18-20-7-3-2-4-8-20/h2-17,28,30H,18-19H2,1H3/t28-/m0/s1. The van der Waals surface area contributed by atoms with Crippen molar-refractivity contribution in [2.75, 3.05) is 12.4 Å². The summed E-state index contributed by atoms with van der Waals surface area (Å²) < 4.78 is 11.5. The zero-order valence-electron chi connectivity index (χ0n) is 20.2. The first-order valence-corrected chi connectivity index (χ1v) is 11.8. The number of rotatable bonds is 8. The molecule has 37 heavy (non-hydrogen) atoms. The molecule has 0 fully saturated rings. The molecule has 1 aliphatic rings. The van der Waals surface area contributed by atoms with Crippen LogP contribution in [0.2, 0.25) is 0 Å². The number of hydrogen-bond donors (Lipinski definition) is 1. The molecule has 0 aliphatic carbocycles. The maximum atomic E-state index is 13.6. The van der Waals surface area contributed by atoms with Crippen molar-refractivity contribution in [1.82, 2.24) is 4.90 Å². The summed E-state index contributed by atoms with van der Waals surface area (Å²) in [4.78, 5) is 25.9. The Morgan fingerprint density at radius 3 is 2.41 bits per heavy atom. The average Bonchev–Trinajstić information content (AvgIpc) is 2.94. The number of para-hydroxylation sites is 1. The second-order valence-electron chi connectivity index (χ2n) is 8.62. The van der Waals surface area contributed by atoms with Gasteiger partial charge < -0.3 is 19.7 Å². The van der Waals surface area contributed by atoms with E-state index in [9.17, 15) is 14.9 Å². The number of nitro groups is 1. The monoisotopic (exact) mass is 495 g/mol. The van der Waals surface area contributed by atoms with Crippen LogP contribution in [0.15, 0.2) is 97.1 Å². The van der Waals surface area contributed by atoms with Crippen LogP contribution in [-0.4, -0.2) is 22.8 Å². The molecular formula is C29H25N3O5. The number of non-ortho nitro benzene ring substituents is 1. The van der Waals surface area contributed by atoms with Gasteiger partial charge in [-0.3, -0.25) is 14.9 Å². The number of nitro benzene ring substituents is 1. The minimum absolute atomic E-state index is 0.00115. The molecule has 4 aromatic rings. The fraction of sp³-hybridized carbons (Fsp3) is 0.138. The second-order valence-corrected chi connectivity index (χ2v) is 8.62. The number of anilines is 1. The number of hydrogen-bond acceptors (Lipinski definition) is 6. The number of amides is 1. The Morgan fingerprint density at radius 2 is 1.68 bits per heavy atom. The van der Waals surface area contributed by atoms with E-state index < -0.39 is 11.1 Å². The van der Waals surface area contributed by atoms with Gasteiger partial charge in [0.15, 0.2) is 0 Å². The van der Waals surface area contributed by atoms with Crippen LogP contribution >= 0.6 is 0 Å². The highest BCUT2D eigenvalue weighted by molar-refractivity contribution is 6.01. The molecule has 0 radical (unpaired) electrons. The zero-order chi connectivity index (χ0) is 25.8. The summed E-state index contributed by atoms with van der Waals surface area (Å²) in [5.74, 6) is 1.09. The lowest BCUT2D eigenvalue weighted by molar-refractivity contribution is -0.384. The molecule has 8 heteroatoms. The van der Waals surface area contributed by atoms with Gasteiger partial charge in [-0.1, -0.05) is 48.5 Å². The normalized spacial score (nSPS) is 14.5. The second kappa shape index (κ2) is 10.4. The molecule has 1 amide bonds. The number of nitrogens with zero attached hydrogens (tertiary/aromatic N) is 2. The van der Waals surface area contributed by atoms with Gasteiger partial charge in [-0.25, -0.2) is 0 Å². The fourth-order valence-electron chi connectivity index (χ4n) is 4.41. The van der Waals surface area contributed by atoms with E-state index in [-0.39, 0.29) is 18.2 Å². The number of ether oxygens (including phenoxy) is 2. The summed E-state index contributed by atoms with van der Waals surface area (Å²) in [6.07, 6.45) is -0.411. The first-order valence-electron chi connectivity index (χ1n) is 11.8. The number of benzene rings is 4.